The van der Waals surface area contributed by atoms with Crippen LogP contribution in [0.4, 0.5) is 0 Å². The summed E-state index contributed by atoms with van der Waals surface area (Å²) in [5.41, 5.74) is 1.80. The lowest BCUT2D eigenvalue weighted by Gasteiger charge is -2.07. The molecule has 1 heterocycles. The van der Waals surface area contributed by atoms with Crippen molar-refractivity contribution in [2.24, 2.45) is 0 Å². The monoisotopic (exact) mass is 315 g/mol. The Kier molecular flexibility index (Phi) is 7.33. The fourth-order valence-electron chi connectivity index (χ4n) is 2.17. The number of rotatable bonds is 10. The van der Waals surface area contributed by atoms with E-state index >= 15 is 0 Å². The molecule has 23 heavy (non-hydrogen) atoms. The molecule has 0 radical (unpaired) electrons. The highest BCUT2D eigenvalue weighted by Crippen LogP contribution is 2.06. The average molecular weight is 315 g/mol. The Morgan fingerprint density at radius 3 is 2.70 bits per heavy atom. The zero-order valence-electron chi connectivity index (χ0n) is 13.7. The van der Waals surface area contributed by atoms with Crippen molar-refractivity contribution in [1.29, 1.82) is 0 Å². The molecule has 1 aromatic carbocycles. The Bertz CT molecular complexity index is 564. The molecule has 0 bridgehead atoms. The number of aromatic nitrogens is 2. The van der Waals surface area contributed by atoms with Crippen LogP contribution in [0.25, 0.3) is 0 Å². The first-order chi connectivity index (χ1) is 11.3. The minimum Gasteiger partial charge on any atom is -0.381 e. The fraction of sp³-hybridized carbons (Fsp3) is 0.444. The standard InChI is InChI=1S/C18H25N3O2/c1-2-3-13-23-14-5-10-19-18(22)17-8-6-16(7-9-17)15-21-12-4-11-20-21/h4,6-9,11-12H,2-3,5,10,13-15H2,1H3,(H,19,22). The van der Waals surface area contributed by atoms with Crippen LogP contribution in [0.5, 0.6) is 0 Å². The molecular formula is C18H25N3O2. The van der Waals surface area contributed by atoms with E-state index in [2.05, 4.69) is 17.3 Å². The zero-order valence-corrected chi connectivity index (χ0v) is 13.7. The second-order valence-corrected chi connectivity index (χ2v) is 5.48. The maximum Gasteiger partial charge on any atom is 0.251 e. The summed E-state index contributed by atoms with van der Waals surface area (Å²) < 4.78 is 7.32. The largest absolute Gasteiger partial charge is 0.381 e. The number of nitrogens with zero attached hydrogens (tertiary/aromatic N) is 2. The van der Waals surface area contributed by atoms with Crippen molar-refractivity contribution in [2.45, 2.75) is 32.7 Å². The van der Waals surface area contributed by atoms with Crippen LogP contribution < -0.4 is 5.32 Å². The quantitative estimate of drug-likeness (QED) is 0.686. The third-order valence-corrected chi connectivity index (χ3v) is 3.51. The number of nitrogens with one attached hydrogen (secondary N) is 1. The second-order valence-electron chi connectivity index (χ2n) is 5.48. The minimum atomic E-state index is -0.0378. The van der Waals surface area contributed by atoms with Gasteiger partial charge in [0.2, 0.25) is 0 Å². The SMILES string of the molecule is CCCCOCCCNC(=O)c1ccc(Cn2cccn2)cc1. The highest BCUT2D eigenvalue weighted by atomic mass is 16.5. The van der Waals surface area contributed by atoms with Gasteiger partial charge in [-0.15, -0.1) is 0 Å². The third kappa shape index (κ3) is 6.24. The summed E-state index contributed by atoms with van der Waals surface area (Å²) in [5.74, 6) is -0.0378. The maximum absolute atomic E-state index is 12.0. The van der Waals surface area contributed by atoms with Crippen LogP contribution in [0.1, 0.15) is 42.1 Å². The van der Waals surface area contributed by atoms with E-state index in [1.807, 2.05) is 41.2 Å². The number of hydrogen-bond acceptors (Lipinski definition) is 3. The van der Waals surface area contributed by atoms with Crippen molar-refractivity contribution in [3.05, 3.63) is 53.9 Å². The zero-order chi connectivity index (χ0) is 16.3. The molecule has 5 nitrogen and oxygen atoms in total. The molecule has 0 aliphatic rings. The van der Waals surface area contributed by atoms with Crippen LogP contribution in [0.3, 0.4) is 0 Å². The maximum atomic E-state index is 12.0. The predicted octanol–water partition coefficient (Wildman–Crippen LogP) is 2.87. The van der Waals surface area contributed by atoms with Crippen molar-refractivity contribution < 1.29 is 9.53 Å². The van der Waals surface area contributed by atoms with Gasteiger partial charge in [0, 0.05) is 37.7 Å². The molecule has 124 valence electrons. The van der Waals surface area contributed by atoms with E-state index in [9.17, 15) is 4.79 Å². The third-order valence-electron chi connectivity index (χ3n) is 3.51. The van der Waals surface area contributed by atoms with Gasteiger partial charge in [0.1, 0.15) is 0 Å². The van der Waals surface area contributed by atoms with Crippen molar-refractivity contribution in [2.75, 3.05) is 19.8 Å². The molecule has 2 aromatic rings. The first kappa shape index (κ1) is 17.2. The van der Waals surface area contributed by atoms with E-state index in [1.54, 1.807) is 6.20 Å². The molecule has 5 heteroatoms. The van der Waals surface area contributed by atoms with Crippen LogP contribution in [0.2, 0.25) is 0 Å². The Balaban J connectivity index is 1.68. The van der Waals surface area contributed by atoms with Crippen molar-refractivity contribution in [1.82, 2.24) is 15.1 Å². The molecule has 0 aliphatic heterocycles. The highest BCUT2D eigenvalue weighted by molar-refractivity contribution is 5.94. The summed E-state index contributed by atoms with van der Waals surface area (Å²) in [6.45, 7) is 5.00. The first-order valence-corrected chi connectivity index (χ1v) is 8.22. The normalized spacial score (nSPS) is 10.7. The van der Waals surface area contributed by atoms with E-state index in [0.717, 1.165) is 31.4 Å². The van der Waals surface area contributed by atoms with Crippen LogP contribution in [-0.2, 0) is 11.3 Å². The molecule has 0 saturated carbocycles. The number of unbranched alkanes of at least 4 members (excludes halogenated alkanes) is 1. The van der Waals surface area contributed by atoms with Crippen molar-refractivity contribution >= 4 is 5.91 Å². The lowest BCUT2D eigenvalue weighted by Crippen LogP contribution is -2.25. The van der Waals surface area contributed by atoms with Gasteiger partial charge in [-0.3, -0.25) is 9.48 Å². The topological polar surface area (TPSA) is 56.1 Å². The van der Waals surface area contributed by atoms with E-state index in [-0.39, 0.29) is 5.91 Å². The summed E-state index contributed by atoms with van der Waals surface area (Å²) in [4.78, 5) is 12.0. The number of ether oxygens (including phenoxy) is 1. The smallest absolute Gasteiger partial charge is 0.251 e. The number of hydrogen-bond donors (Lipinski definition) is 1. The Labute approximate surface area is 137 Å². The van der Waals surface area contributed by atoms with Gasteiger partial charge >= 0.3 is 0 Å². The molecule has 0 saturated heterocycles. The number of benzene rings is 1. The van der Waals surface area contributed by atoms with Gasteiger partial charge in [0.25, 0.3) is 5.91 Å². The van der Waals surface area contributed by atoms with Gasteiger partial charge < -0.3 is 10.1 Å². The van der Waals surface area contributed by atoms with Gasteiger partial charge in [-0.25, -0.2) is 0 Å². The van der Waals surface area contributed by atoms with E-state index in [4.69, 9.17) is 4.74 Å². The van der Waals surface area contributed by atoms with Crippen LogP contribution in [0.15, 0.2) is 42.7 Å². The Hall–Kier alpha value is -2.14. The number of carbonyl (C=O) groups excluding carboxylic acids is 1. The Morgan fingerprint density at radius 1 is 1.22 bits per heavy atom. The fourth-order valence-corrected chi connectivity index (χ4v) is 2.17. The first-order valence-electron chi connectivity index (χ1n) is 8.22. The Morgan fingerprint density at radius 2 is 2.00 bits per heavy atom. The van der Waals surface area contributed by atoms with Crippen LogP contribution in [0, 0.1) is 0 Å². The summed E-state index contributed by atoms with van der Waals surface area (Å²) in [6, 6.07) is 9.53. The highest BCUT2D eigenvalue weighted by Gasteiger charge is 2.05. The molecule has 0 aliphatic carbocycles. The minimum absolute atomic E-state index is 0.0378. The summed E-state index contributed by atoms with van der Waals surface area (Å²) in [7, 11) is 0. The lowest BCUT2D eigenvalue weighted by atomic mass is 10.1. The van der Waals surface area contributed by atoms with E-state index in [0.29, 0.717) is 25.3 Å². The van der Waals surface area contributed by atoms with Gasteiger partial charge in [0.05, 0.1) is 6.54 Å². The molecular weight excluding hydrogens is 290 g/mol. The molecule has 0 unspecified atom stereocenters. The molecule has 1 aromatic heterocycles. The molecule has 0 fully saturated rings. The van der Waals surface area contributed by atoms with Gasteiger partial charge in [-0.1, -0.05) is 25.5 Å². The summed E-state index contributed by atoms with van der Waals surface area (Å²) in [5, 5.41) is 7.09. The van der Waals surface area contributed by atoms with Crippen molar-refractivity contribution in [3.8, 4) is 0 Å². The summed E-state index contributed by atoms with van der Waals surface area (Å²) in [6.07, 6.45) is 6.76. The average Bonchev–Trinajstić information content (AvgIpc) is 3.07. The molecule has 2 rings (SSSR count). The van der Waals surface area contributed by atoms with E-state index in [1.165, 1.54) is 0 Å². The second kappa shape index (κ2) is 9.79. The molecule has 0 spiro atoms. The predicted molar refractivity (Wildman–Crippen MR) is 90.4 cm³/mol. The lowest BCUT2D eigenvalue weighted by molar-refractivity contribution is 0.0940. The number of carbonyl (C=O) groups is 1. The molecule has 0 atom stereocenters. The van der Waals surface area contributed by atoms with Crippen LogP contribution in [-0.4, -0.2) is 35.4 Å². The molecule has 1 N–H and O–H groups in total. The van der Waals surface area contributed by atoms with Crippen molar-refractivity contribution in [3.63, 3.8) is 0 Å². The van der Waals surface area contributed by atoms with Gasteiger partial charge in [0.15, 0.2) is 0 Å². The van der Waals surface area contributed by atoms with Gasteiger partial charge in [-0.2, -0.15) is 5.10 Å². The molecule has 1 amide bonds. The summed E-state index contributed by atoms with van der Waals surface area (Å²) >= 11 is 0. The van der Waals surface area contributed by atoms with Crippen LogP contribution >= 0.6 is 0 Å². The van der Waals surface area contributed by atoms with Gasteiger partial charge in [-0.05, 0) is 36.6 Å². The van der Waals surface area contributed by atoms with E-state index < -0.39 is 0 Å². The number of amides is 1.